The number of amides is 1. The second-order valence-corrected chi connectivity index (χ2v) is 12.2. The summed E-state index contributed by atoms with van der Waals surface area (Å²) in [5, 5.41) is 10.2. The van der Waals surface area contributed by atoms with Crippen LogP contribution in [0.5, 0.6) is 0 Å². The number of nitrogens with zero attached hydrogens (tertiary/aromatic N) is 3. The smallest absolute Gasteiger partial charge is 0.408 e. The van der Waals surface area contributed by atoms with Gasteiger partial charge in [-0.3, -0.25) is 9.21 Å². The molecule has 1 heterocycles. The summed E-state index contributed by atoms with van der Waals surface area (Å²) >= 11 is 6.20. The van der Waals surface area contributed by atoms with E-state index in [1.54, 1.807) is 12.1 Å². The number of aromatic nitrogens is 1. The first-order valence-corrected chi connectivity index (χ1v) is 13.7. The summed E-state index contributed by atoms with van der Waals surface area (Å²) in [7, 11) is -3.53. The maximum absolute atomic E-state index is 12.3. The van der Waals surface area contributed by atoms with E-state index in [4.69, 9.17) is 16.3 Å². The molecule has 1 amide bonds. The lowest BCUT2D eigenvalue weighted by Gasteiger charge is -2.47. The molecule has 0 spiro atoms. The highest BCUT2D eigenvalue weighted by Crippen LogP contribution is 2.30. The molecule has 1 aromatic heterocycles. The number of anilines is 1. The summed E-state index contributed by atoms with van der Waals surface area (Å²) < 4.78 is 31.8. The fourth-order valence-corrected chi connectivity index (χ4v) is 5.52. The number of sulfonamides is 1. The zero-order chi connectivity index (χ0) is 26.4. The summed E-state index contributed by atoms with van der Waals surface area (Å²) in [6, 6.07) is 12.9. The third kappa shape index (κ3) is 8.08. The zero-order valence-corrected chi connectivity index (χ0v) is 22.9. The van der Waals surface area contributed by atoms with Crippen LogP contribution in [-0.2, 0) is 27.8 Å². The zero-order valence-electron chi connectivity index (χ0n) is 21.3. The molecule has 0 aliphatic rings. The van der Waals surface area contributed by atoms with Crippen LogP contribution in [0.3, 0.4) is 0 Å². The highest BCUT2D eigenvalue weighted by atomic mass is 35.5. The average molecular weight is 526 g/mol. The Labute approximate surface area is 213 Å². The van der Waals surface area contributed by atoms with Gasteiger partial charge in [0.15, 0.2) is 0 Å². The standard InChI is InChI=1S/C25H36ClN3O5S/c1-7-13-28(35(6,32)33)22-15-20(14-21(26)27-22)17-34-18-25(5,16-19-11-9-8-10-12-19)29(23(30)31)24(2,3)4/h8-12,14-15H,7,13,16-18H2,1-6H3,(H,30,31). The lowest BCUT2D eigenvalue weighted by atomic mass is 9.87. The number of hydrogen-bond donors (Lipinski definition) is 1. The van der Waals surface area contributed by atoms with E-state index in [1.165, 1.54) is 9.21 Å². The minimum absolute atomic E-state index is 0.112. The molecule has 0 saturated heterocycles. The summed E-state index contributed by atoms with van der Waals surface area (Å²) in [6.45, 7) is 9.82. The van der Waals surface area contributed by atoms with Crippen LogP contribution in [-0.4, -0.2) is 60.0 Å². The normalized spacial score (nSPS) is 13.8. The first-order valence-electron chi connectivity index (χ1n) is 11.5. The summed E-state index contributed by atoms with van der Waals surface area (Å²) in [5.74, 6) is 0.231. The molecule has 0 aliphatic heterocycles. The Kier molecular flexibility index (Phi) is 9.56. The van der Waals surface area contributed by atoms with Crippen molar-refractivity contribution < 1.29 is 23.1 Å². The lowest BCUT2D eigenvalue weighted by Crippen LogP contribution is -2.61. The van der Waals surface area contributed by atoms with Gasteiger partial charge in [0.1, 0.15) is 11.0 Å². The van der Waals surface area contributed by atoms with Crippen LogP contribution in [0, 0.1) is 0 Å². The van der Waals surface area contributed by atoms with Crippen molar-refractivity contribution in [1.82, 2.24) is 9.88 Å². The van der Waals surface area contributed by atoms with E-state index in [0.29, 0.717) is 18.4 Å². The largest absolute Gasteiger partial charge is 0.465 e. The SMILES string of the molecule is CCCN(c1cc(COCC(C)(Cc2ccccc2)N(C(=O)O)C(C)(C)C)cc(Cl)n1)S(C)(=O)=O. The Bertz CT molecular complexity index is 1110. The van der Waals surface area contributed by atoms with Crippen molar-refractivity contribution in [2.45, 2.75) is 65.1 Å². The lowest BCUT2D eigenvalue weighted by molar-refractivity contribution is -0.0343. The van der Waals surface area contributed by atoms with Crippen LogP contribution < -0.4 is 4.31 Å². The van der Waals surface area contributed by atoms with Crippen LogP contribution in [0.4, 0.5) is 10.6 Å². The molecule has 0 radical (unpaired) electrons. The molecule has 8 nitrogen and oxygen atoms in total. The third-order valence-corrected chi connectivity index (χ3v) is 6.80. The monoisotopic (exact) mass is 525 g/mol. The molecular weight excluding hydrogens is 490 g/mol. The Balaban J connectivity index is 2.32. The molecule has 1 atom stereocenters. The van der Waals surface area contributed by atoms with Gasteiger partial charge in [0.25, 0.3) is 0 Å². The molecule has 0 aliphatic carbocycles. The number of halogens is 1. The van der Waals surface area contributed by atoms with Crippen molar-refractivity contribution in [2.75, 3.05) is 23.7 Å². The van der Waals surface area contributed by atoms with Gasteiger partial charge in [0.2, 0.25) is 10.0 Å². The van der Waals surface area contributed by atoms with E-state index < -0.39 is 27.2 Å². The molecule has 2 aromatic rings. The Morgan fingerprint density at radius 1 is 1.11 bits per heavy atom. The van der Waals surface area contributed by atoms with Crippen LogP contribution >= 0.6 is 11.6 Å². The average Bonchev–Trinajstić information content (AvgIpc) is 2.69. The van der Waals surface area contributed by atoms with Gasteiger partial charge in [0.05, 0.1) is 25.0 Å². The fraction of sp³-hybridized carbons (Fsp3) is 0.520. The molecule has 2 rings (SSSR count). The molecule has 0 bridgehead atoms. The van der Waals surface area contributed by atoms with Gasteiger partial charge in [-0.15, -0.1) is 0 Å². The van der Waals surface area contributed by atoms with Crippen LogP contribution in [0.2, 0.25) is 5.15 Å². The van der Waals surface area contributed by atoms with Crippen molar-refractivity contribution in [3.05, 3.63) is 58.7 Å². The molecule has 1 unspecified atom stereocenters. The Morgan fingerprint density at radius 2 is 1.74 bits per heavy atom. The third-order valence-electron chi connectivity index (χ3n) is 5.43. The van der Waals surface area contributed by atoms with Crippen LogP contribution in [0.15, 0.2) is 42.5 Å². The van der Waals surface area contributed by atoms with Gasteiger partial charge in [-0.25, -0.2) is 18.2 Å². The molecular formula is C25H36ClN3O5S. The van der Waals surface area contributed by atoms with Crippen molar-refractivity contribution >= 4 is 33.5 Å². The predicted molar refractivity (Wildman–Crippen MR) is 140 cm³/mol. The molecule has 0 saturated carbocycles. The molecule has 1 aromatic carbocycles. The molecule has 35 heavy (non-hydrogen) atoms. The van der Waals surface area contributed by atoms with E-state index in [0.717, 1.165) is 11.8 Å². The first-order chi connectivity index (χ1) is 16.2. The van der Waals surface area contributed by atoms with Crippen LogP contribution in [0.25, 0.3) is 0 Å². The topological polar surface area (TPSA) is 100 Å². The highest BCUT2D eigenvalue weighted by Gasteiger charge is 2.42. The van der Waals surface area contributed by atoms with Crippen LogP contribution in [0.1, 0.15) is 52.2 Å². The van der Waals surface area contributed by atoms with E-state index in [1.807, 2.05) is 65.0 Å². The van der Waals surface area contributed by atoms with E-state index in [2.05, 4.69) is 4.98 Å². The van der Waals surface area contributed by atoms with Gasteiger partial charge >= 0.3 is 6.09 Å². The summed E-state index contributed by atoms with van der Waals surface area (Å²) in [6.07, 6.45) is 1.17. The number of rotatable bonds is 11. The summed E-state index contributed by atoms with van der Waals surface area (Å²) in [5.41, 5.74) is 0.102. The number of benzene rings is 1. The minimum atomic E-state index is -3.53. The quantitative estimate of drug-likeness (QED) is 0.404. The Morgan fingerprint density at radius 3 is 2.26 bits per heavy atom. The molecule has 0 fully saturated rings. The molecule has 1 N–H and O–H groups in total. The molecule has 194 valence electrons. The second-order valence-electron chi connectivity index (χ2n) is 9.93. The maximum atomic E-state index is 12.3. The molecule has 10 heteroatoms. The van der Waals surface area contributed by atoms with Gasteiger partial charge in [0, 0.05) is 12.1 Å². The number of carbonyl (C=O) groups is 1. The van der Waals surface area contributed by atoms with E-state index in [9.17, 15) is 18.3 Å². The van der Waals surface area contributed by atoms with E-state index >= 15 is 0 Å². The minimum Gasteiger partial charge on any atom is -0.465 e. The predicted octanol–water partition coefficient (Wildman–Crippen LogP) is 5.21. The maximum Gasteiger partial charge on any atom is 0.408 e. The number of carboxylic acid groups (broad SMARTS) is 1. The van der Waals surface area contributed by atoms with Gasteiger partial charge in [-0.2, -0.15) is 0 Å². The number of pyridine rings is 1. The van der Waals surface area contributed by atoms with Crippen molar-refractivity contribution in [3.63, 3.8) is 0 Å². The first kappa shape index (κ1) is 28.9. The van der Waals surface area contributed by atoms with Gasteiger partial charge in [-0.05, 0) is 63.8 Å². The van der Waals surface area contributed by atoms with Crippen molar-refractivity contribution in [3.8, 4) is 0 Å². The Hall–Kier alpha value is -2.36. The fourth-order valence-electron chi connectivity index (χ4n) is 4.35. The van der Waals surface area contributed by atoms with Gasteiger partial charge < -0.3 is 9.84 Å². The second kappa shape index (κ2) is 11.6. The van der Waals surface area contributed by atoms with Crippen molar-refractivity contribution in [2.24, 2.45) is 0 Å². The van der Waals surface area contributed by atoms with Crippen molar-refractivity contribution in [1.29, 1.82) is 0 Å². The highest BCUT2D eigenvalue weighted by molar-refractivity contribution is 7.92. The summed E-state index contributed by atoms with van der Waals surface area (Å²) in [4.78, 5) is 17.9. The number of ether oxygens (including phenoxy) is 1. The van der Waals surface area contributed by atoms with E-state index in [-0.39, 0.29) is 30.7 Å². The van der Waals surface area contributed by atoms with Gasteiger partial charge in [-0.1, -0.05) is 48.9 Å². The number of hydrogen-bond acceptors (Lipinski definition) is 5.